The Labute approximate surface area is 154 Å². The van der Waals surface area contributed by atoms with E-state index >= 15 is 0 Å². The lowest BCUT2D eigenvalue weighted by Crippen LogP contribution is -2.23. The lowest BCUT2D eigenvalue weighted by Gasteiger charge is -2.17. The molecule has 5 heteroatoms. The van der Waals surface area contributed by atoms with Gasteiger partial charge in [0.15, 0.2) is 0 Å². The summed E-state index contributed by atoms with van der Waals surface area (Å²) in [6.07, 6.45) is 0. The smallest absolute Gasteiger partial charge is 0.244 e. The molecule has 0 fully saturated rings. The highest BCUT2D eigenvalue weighted by atomic mass is 79.9. The van der Waals surface area contributed by atoms with E-state index in [1.807, 2.05) is 61.7 Å². The van der Waals surface area contributed by atoms with Gasteiger partial charge in [0.05, 0.1) is 9.99 Å². The number of carbonyl (C=O) groups is 1. The quantitative estimate of drug-likeness (QED) is 0.713. The number of benzene rings is 2. The van der Waals surface area contributed by atoms with Crippen molar-refractivity contribution >= 4 is 38.4 Å². The number of halogens is 1. The third kappa shape index (κ3) is 3.37. The van der Waals surface area contributed by atoms with Gasteiger partial charge in [-0.1, -0.05) is 29.8 Å². The standard InChI is InChI=1S/C20H19BrN2O2/c1-12-7-9-15(10-8-12)22-17(24)11-23-14(3)18(21)20(25)16-6-4-5-13(2)19(16)23/h4-10H,11H2,1-3H3,(H,22,24). The lowest BCUT2D eigenvalue weighted by molar-refractivity contribution is -0.116. The first kappa shape index (κ1) is 17.4. The van der Waals surface area contributed by atoms with Crippen LogP contribution in [0.3, 0.4) is 0 Å². The third-order valence-electron chi connectivity index (χ3n) is 4.31. The van der Waals surface area contributed by atoms with E-state index in [4.69, 9.17) is 0 Å². The molecule has 3 rings (SSSR count). The Morgan fingerprint density at radius 2 is 1.76 bits per heavy atom. The molecular weight excluding hydrogens is 380 g/mol. The number of aryl methyl sites for hydroxylation is 2. The number of nitrogens with one attached hydrogen (secondary N) is 1. The highest BCUT2D eigenvalue weighted by molar-refractivity contribution is 9.10. The summed E-state index contributed by atoms with van der Waals surface area (Å²) < 4.78 is 2.38. The maximum atomic E-state index is 12.5. The van der Waals surface area contributed by atoms with Crippen LogP contribution in [-0.2, 0) is 11.3 Å². The van der Waals surface area contributed by atoms with Gasteiger partial charge in [-0.15, -0.1) is 0 Å². The van der Waals surface area contributed by atoms with Crippen LogP contribution >= 0.6 is 15.9 Å². The van der Waals surface area contributed by atoms with Crippen molar-refractivity contribution in [3.05, 3.63) is 74.0 Å². The molecule has 1 N–H and O–H groups in total. The molecule has 0 spiro atoms. The molecule has 0 aliphatic rings. The van der Waals surface area contributed by atoms with Crippen LogP contribution in [0.25, 0.3) is 10.9 Å². The van der Waals surface area contributed by atoms with Crippen molar-refractivity contribution in [2.24, 2.45) is 0 Å². The van der Waals surface area contributed by atoms with Gasteiger partial charge in [0.1, 0.15) is 6.54 Å². The van der Waals surface area contributed by atoms with Crippen molar-refractivity contribution in [3.63, 3.8) is 0 Å². The van der Waals surface area contributed by atoms with Gasteiger partial charge in [-0.25, -0.2) is 0 Å². The van der Waals surface area contributed by atoms with Gasteiger partial charge in [0.2, 0.25) is 11.3 Å². The van der Waals surface area contributed by atoms with Crippen LogP contribution in [0, 0.1) is 20.8 Å². The molecule has 0 radical (unpaired) electrons. The molecule has 4 nitrogen and oxygen atoms in total. The minimum absolute atomic E-state index is 0.0496. The number of pyridine rings is 1. The van der Waals surface area contributed by atoms with E-state index in [1.54, 1.807) is 6.07 Å². The van der Waals surface area contributed by atoms with Crippen LogP contribution in [0.5, 0.6) is 0 Å². The monoisotopic (exact) mass is 398 g/mol. The summed E-state index contributed by atoms with van der Waals surface area (Å²) in [6, 6.07) is 13.3. The van der Waals surface area contributed by atoms with Crippen LogP contribution in [-0.4, -0.2) is 10.5 Å². The van der Waals surface area contributed by atoms with Gasteiger partial charge in [-0.3, -0.25) is 9.59 Å². The fourth-order valence-electron chi connectivity index (χ4n) is 2.95. The van der Waals surface area contributed by atoms with Crippen molar-refractivity contribution in [1.82, 2.24) is 4.57 Å². The number of amides is 1. The van der Waals surface area contributed by atoms with Crippen molar-refractivity contribution in [2.75, 3.05) is 5.32 Å². The second kappa shape index (κ2) is 6.84. The maximum absolute atomic E-state index is 12.5. The second-order valence-electron chi connectivity index (χ2n) is 6.20. The third-order valence-corrected chi connectivity index (χ3v) is 5.25. The predicted octanol–water partition coefficient (Wildman–Crippen LogP) is 4.33. The predicted molar refractivity (Wildman–Crippen MR) is 105 cm³/mol. The van der Waals surface area contributed by atoms with Crippen molar-refractivity contribution < 1.29 is 4.79 Å². The zero-order valence-corrected chi connectivity index (χ0v) is 16.0. The summed E-state index contributed by atoms with van der Waals surface area (Å²) in [6.45, 7) is 5.93. The zero-order valence-electron chi connectivity index (χ0n) is 14.4. The Balaban J connectivity index is 2.02. The first-order valence-electron chi connectivity index (χ1n) is 8.03. The molecule has 0 saturated carbocycles. The molecule has 2 aromatic carbocycles. The lowest BCUT2D eigenvalue weighted by atomic mass is 10.1. The van der Waals surface area contributed by atoms with Crippen LogP contribution in [0.1, 0.15) is 16.8 Å². The van der Waals surface area contributed by atoms with Crippen LogP contribution < -0.4 is 10.7 Å². The van der Waals surface area contributed by atoms with E-state index in [1.165, 1.54) is 0 Å². The Morgan fingerprint density at radius 1 is 1.08 bits per heavy atom. The Morgan fingerprint density at radius 3 is 2.44 bits per heavy atom. The summed E-state index contributed by atoms with van der Waals surface area (Å²) >= 11 is 3.38. The highest BCUT2D eigenvalue weighted by Gasteiger charge is 2.15. The first-order valence-corrected chi connectivity index (χ1v) is 8.82. The van der Waals surface area contributed by atoms with E-state index in [-0.39, 0.29) is 17.9 Å². The molecule has 0 atom stereocenters. The van der Waals surface area contributed by atoms with E-state index < -0.39 is 0 Å². The van der Waals surface area contributed by atoms with Gasteiger partial charge >= 0.3 is 0 Å². The minimum Gasteiger partial charge on any atom is -0.334 e. The molecule has 0 saturated heterocycles. The van der Waals surface area contributed by atoms with E-state index in [0.29, 0.717) is 9.86 Å². The minimum atomic E-state index is -0.132. The van der Waals surface area contributed by atoms with Crippen molar-refractivity contribution in [3.8, 4) is 0 Å². The van der Waals surface area contributed by atoms with Gasteiger partial charge in [0, 0.05) is 16.8 Å². The molecule has 1 amide bonds. The van der Waals surface area contributed by atoms with E-state index in [9.17, 15) is 9.59 Å². The van der Waals surface area contributed by atoms with Crippen LogP contribution in [0.2, 0.25) is 0 Å². The Hall–Kier alpha value is -2.40. The van der Waals surface area contributed by atoms with E-state index in [2.05, 4.69) is 21.2 Å². The number of hydrogen-bond donors (Lipinski definition) is 1. The van der Waals surface area contributed by atoms with Crippen LogP contribution in [0.4, 0.5) is 5.69 Å². The zero-order chi connectivity index (χ0) is 18.1. The number of fused-ring (bicyclic) bond motifs is 1. The highest BCUT2D eigenvalue weighted by Crippen LogP contribution is 2.22. The number of anilines is 1. The molecule has 0 aliphatic heterocycles. The summed E-state index contributed by atoms with van der Waals surface area (Å²) in [5.74, 6) is -0.132. The van der Waals surface area contributed by atoms with Crippen LogP contribution in [0.15, 0.2) is 51.7 Å². The van der Waals surface area contributed by atoms with Gasteiger partial charge < -0.3 is 9.88 Å². The molecule has 128 valence electrons. The van der Waals surface area contributed by atoms with Gasteiger partial charge in [-0.05, 0) is 60.5 Å². The fraction of sp³-hybridized carbons (Fsp3) is 0.200. The number of rotatable bonds is 3. The average molecular weight is 399 g/mol. The normalized spacial score (nSPS) is 10.9. The molecular formula is C20H19BrN2O2. The first-order chi connectivity index (χ1) is 11.9. The number of para-hydroxylation sites is 1. The Bertz CT molecular complexity index is 1020. The SMILES string of the molecule is Cc1ccc(NC(=O)Cn2c(C)c(Br)c(=O)c3cccc(C)c32)cc1. The maximum Gasteiger partial charge on any atom is 0.244 e. The van der Waals surface area contributed by atoms with Gasteiger partial charge in [0.25, 0.3) is 0 Å². The second-order valence-corrected chi connectivity index (χ2v) is 6.99. The molecule has 3 aromatic rings. The molecule has 25 heavy (non-hydrogen) atoms. The number of aromatic nitrogens is 1. The van der Waals surface area contributed by atoms with Gasteiger partial charge in [-0.2, -0.15) is 0 Å². The van der Waals surface area contributed by atoms with Crippen molar-refractivity contribution in [1.29, 1.82) is 0 Å². The largest absolute Gasteiger partial charge is 0.334 e. The topological polar surface area (TPSA) is 51.1 Å². The van der Waals surface area contributed by atoms with E-state index in [0.717, 1.165) is 28.0 Å². The number of hydrogen-bond acceptors (Lipinski definition) is 2. The summed E-state index contributed by atoms with van der Waals surface area (Å²) in [7, 11) is 0. The summed E-state index contributed by atoms with van der Waals surface area (Å²) in [5.41, 5.74) is 4.35. The molecule has 0 unspecified atom stereocenters. The molecule has 0 bridgehead atoms. The van der Waals surface area contributed by atoms with Crippen molar-refractivity contribution in [2.45, 2.75) is 27.3 Å². The average Bonchev–Trinajstić information content (AvgIpc) is 2.59. The molecule has 0 aliphatic carbocycles. The summed E-state index contributed by atoms with van der Waals surface area (Å²) in [4.78, 5) is 25.0. The Kier molecular flexibility index (Phi) is 4.77. The number of nitrogens with zero attached hydrogens (tertiary/aromatic N) is 1. The summed E-state index contributed by atoms with van der Waals surface area (Å²) in [5, 5.41) is 3.52. The number of carbonyl (C=O) groups excluding carboxylic acids is 1. The molecule has 1 heterocycles. The fourth-order valence-corrected chi connectivity index (χ4v) is 3.38. The molecule has 1 aromatic heterocycles.